The largest absolute Gasteiger partial charge is 0.507 e. The van der Waals surface area contributed by atoms with Crippen LogP contribution in [-0.4, -0.2) is 22.0 Å². The summed E-state index contributed by atoms with van der Waals surface area (Å²) in [5.41, 5.74) is 0.815. The van der Waals surface area contributed by atoms with Crippen LogP contribution in [0.4, 0.5) is 5.82 Å². The zero-order valence-electron chi connectivity index (χ0n) is 17.3. The lowest BCUT2D eigenvalue weighted by Crippen LogP contribution is -2.29. The topological polar surface area (TPSA) is 83.6 Å². The second-order valence-electron chi connectivity index (χ2n) is 8.39. The summed E-state index contributed by atoms with van der Waals surface area (Å²) in [4.78, 5) is 27.5. The predicted molar refractivity (Wildman–Crippen MR) is 121 cm³/mol. The highest BCUT2D eigenvalue weighted by Crippen LogP contribution is 2.42. The molecule has 1 aliphatic heterocycles. The predicted octanol–water partition coefficient (Wildman–Crippen LogP) is 5.36. The van der Waals surface area contributed by atoms with E-state index in [1.165, 1.54) is 4.90 Å². The van der Waals surface area contributed by atoms with Crippen molar-refractivity contribution in [2.75, 3.05) is 4.90 Å². The number of halogens is 1. The number of aliphatic hydroxyl groups is 1. The smallest absolute Gasteiger partial charge is 0.301 e. The third-order valence-corrected chi connectivity index (χ3v) is 5.69. The number of carbonyl (C=O) groups excluding carboxylic acids is 2. The van der Waals surface area contributed by atoms with Crippen molar-refractivity contribution in [1.82, 2.24) is 5.16 Å². The van der Waals surface area contributed by atoms with Crippen LogP contribution in [0.5, 0.6) is 0 Å². The van der Waals surface area contributed by atoms with E-state index < -0.39 is 17.7 Å². The van der Waals surface area contributed by atoms with E-state index in [-0.39, 0.29) is 22.6 Å². The Balaban J connectivity index is 1.91. The minimum Gasteiger partial charge on any atom is -0.507 e. The molecule has 1 unspecified atom stereocenters. The summed E-state index contributed by atoms with van der Waals surface area (Å²) in [6.45, 7) is 5.90. The Bertz CT molecular complexity index is 1170. The quantitative estimate of drug-likeness (QED) is 0.309. The van der Waals surface area contributed by atoms with Gasteiger partial charge in [-0.15, -0.1) is 0 Å². The monoisotopic (exact) mass is 480 g/mol. The molecule has 0 radical (unpaired) electrons. The van der Waals surface area contributed by atoms with Gasteiger partial charge in [-0.2, -0.15) is 0 Å². The molecule has 4 rings (SSSR count). The van der Waals surface area contributed by atoms with E-state index in [1.807, 2.05) is 51.1 Å². The van der Waals surface area contributed by atoms with Gasteiger partial charge in [-0.1, -0.05) is 84.3 Å². The first-order valence-corrected chi connectivity index (χ1v) is 10.6. The molecule has 0 saturated carbocycles. The van der Waals surface area contributed by atoms with E-state index in [4.69, 9.17) is 4.52 Å². The van der Waals surface area contributed by atoms with Gasteiger partial charge in [0.2, 0.25) is 0 Å². The number of nitrogens with zero attached hydrogens (tertiary/aromatic N) is 2. The zero-order valence-corrected chi connectivity index (χ0v) is 18.9. The molecule has 2 heterocycles. The highest BCUT2D eigenvalue weighted by atomic mass is 79.9. The number of carbonyl (C=O) groups is 2. The number of hydrogen-bond acceptors (Lipinski definition) is 5. The van der Waals surface area contributed by atoms with Crippen LogP contribution in [0.3, 0.4) is 0 Å². The van der Waals surface area contributed by atoms with Crippen molar-refractivity contribution in [2.24, 2.45) is 0 Å². The van der Waals surface area contributed by atoms with Crippen molar-refractivity contribution in [3.63, 3.8) is 0 Å². The molecular weight excluding hydrogens is 460 g/mol. The fraction of sp³-hybridized carbons (Fsp3) is 0.208. The van der Waals surface area contributed by atoms with Gasteiger partial charge < -0.3 is 9.63 Å². The minimum absolute atomic E-state index is 0.0128. The fourth-order valence-corrected chi connectivity index (χ4v) is 3.78. The lowest BCUT2D eigenvalue weighted by atomic mass is 9.93. The maximum Gasteiger partial charge on any atom is 0.301 e. The van der Waals surface area contributed by atoms with Crippen molar-refractivity contribution >= 4 is 39.2 Å². The first kappa shape index (κ1) is 21.1. The molecule has 158 valence electrons. The Hall–Kier alpha value is -3.19. The summed E-state index contributed by atoms with van der Waals surface area (Å²) in [5.74, 6) is -0.947. The molecule has 1 amide bonds. The second kappa shape index (κ2) is 7.81. The van der Waals surface area contributed by atoms with Crippen LogP contribution in [0.2, 0.25) is 0 Å². The number of rotatable bonds is 3. The SMILES string of the molecule is CC(C)(C)c1cc(N2C(=O)C(=O)C(=C(O)c3ccc(Br)cc3)C2c2ccccc2)no1. The van der Waals surface area contributed by atoms with E-state index in [2.05, 4.69) is 21.1 Å². The molecule has 0 aliphatic carbocycles. The molecule has 0 spiro atoms. The molecule has 1 N–H and O–H groups in total. The summed E-state index contributed by atoms with van der Waals surface area (Å²) in [7, 11) is 0. The third-order valence-electron chi connectivity index (χ3n) is 5.16. The average molecular weight is 481 g/mol. The van der Waals surface area contributed by atoms with Crippen molar-refractivity contribution in [2.45, 2.75) is 32.2 Å². The number of hydrogen-bond donors (Lipinski definition) is 1. The third kappa shape index (κ3) is 3.81. The second-order valence-corrected chi connectivity index (χ2v) is 9.30. The summed E-state index contributed by atoms with van der Waals surface area (Å²) < 4.78 is 6.30. The van der Waals surface area contributed by atoms with Crippen LogP contribution in [-0.2, 0) is 15.0 Å². The molecule has 6 nitrogen and oxygen atoms in total. The Morgan fingerprint density at radius 2 is 1.71 bits per heavy atom. The van der Waals surface area contributed by atoms with Crippen LogP contribution in [0, 0.1) is 0 Å². The Morgan fingerprint density at radius 1 is 1.06 bits per heavy atom. The molecule has 1 aliphatic rings. The molecule has 3 aromatic rings. The van der Waals surface area contributed by atoms with Gasteiger partial charge in [0, 0.05) is 21.5 Å². The minimum atomic E-state index is -0.831. The lowest BCUT2D eigenvalue weighted by molar-refractivity contribution is -0.132. The van der Waals surface area contributed by atoms with Gasteiger partial charge in [0.1, 0.15) is 11.5 Å². The van der Waals surface area contributed by atoms with Crippen LogP contribution in [0.15, 0.2) is 75.2 Å². The number of benzene rings is 2. The first-order valence-electron chi connectivity index (χ1n) is 9.77. The first-order chi connectivity index (χ1) is 14.7. The molecule has 0 bridgehead atoms. The molecule has 7 heteroatoms. The molecule has 1 aromatic heterocycles. The van der Waals surface area contributed by atoms with E-state index in [9.17, 15) is 14.7 Å². The standard InChI is InChI=1S/C24H21BrN2O4/c1-24(2,3)17-13-18(26-31-17)27-20(14-7-5-4-6-8-14)19(22(29)23(27)30)21(28)15-9-11-16(25)12-10-15/h4-13,20,28H,1-3H3. The number of Topliss-reactive ketones (excluding diaryl/α,β-unsaturated/α-hetero) is 1. The Labute approximate surface area is 188 Å². The molecule has 2 aromatic carbocycles. The van der Waals surface area contributed by atoms with Crippen LogP contribution >= 0.6 is 15.9 Å². The number of amides is 1. The summed E-state index contributed by atoms with van der Waals surface area (Å²) in [6, 6.07) is 16.8. The number of ketones is 1. The number of aliphatic hydroxyl groups excluding tert-OH is 1. The molecule has 31 heavy (non-hydrogen) atoms. The van der Waals surface area contributed by atoms with E-state index in [0.29, 0.717) is 16.9 Å². The highest BCUT2D eigenvalue weighted by Gasteiger charge is 2.48. The van der Waals surface area contributed by atoms with Crippen molar-refractivity contribution in [3.05, 3.63) is 87.6 Å². The number of aromatic nitrogens is 1. The van der Waals surface area contributed by atoms with Crippen LogP contribution < -0.4 is 4.90 Å². The molecule has 1 saturated heterocycles. The summed E-state index contributed by atoms with van der Waals surface area (Å²) >= 11 is 3.36. The average Bonchev–Trinajstić information content (AvgIpc) is 3.32. The van der Waals surface area contributed by atoms with E-state index >= 15 is 0 Å². The lowest BCUT2D eigenvalue weighted by Gasteiger charge is -2.22. The maximum absolute atomic E-state index is 13.1. The Morgan fingerprint density at radius 3 is 2.29 bits per heavy atom. The van der Waals surface area contributed by atoms with Gasteiger partial charge in [0.15, 0.2) is 5.82 Å². The van der Waals surface area contributed by atoms with Crippen molar-refractivity contribution in [3.8, 4) is 0 Å². The maximum atomic E-state index is 13.1. The highest BCUT2D eigenvalue weighted by molar-refractivity contribution is 9.10. The van der Waals surface area contributed by atoms with Gasteiger partial charge in [-0.05, 0) is 17.7 Å². The molecule has 1 fully saturated rings. The van der Waals surface area contributed by atoms with Gasteiger partial charge in [-0.3, -0.25) is 14.5 Å². The molecular formula is C24H21BrN2O4. The van der Waals surface area contributed by atoms with E-state index in [1.54, 1.807) is 30.3 Å². The van der Waals surface area contributed by atoms with Crippen molar-refractivity contribution in [1.29, 1.82) is 0 Å². The fourth-order valence-electron chi connectivity index (χ4n) is 3.52. The van der Waals surface area contributed by atoms with Gasteiger partial charge in [-0.25, -0.2) is 0 Å². The zero-order chi connectivity index (χ0) is 22.3. The summed E-state index contributed by atoms with van der Waals surface area (Å²) in [6.07, 6.45) is 0. The van der Waals surface area contributed by atoms with E-state index in [0.717, 1.165) is 4.47 Å². The van der Waals surface area contributed by atoms with Gasteiger partial charge >= 0.3 is 5.91 Å². The van der Waals surface area contributed by atoms with Gasteiger partial charge in [0.25, 0.3) is 5.78 Å². The number of anilines is 1. The van der Waals surface area contributed by atoms with Crippen molar-refractivity contribution < 1.29 is 19.2 Å². The van der Waals surface area contributed by atoms with Crippen LogP contribution in [0.25, 0.3) is 5.76 Å². The van der Waals surface area contributed by atoms with Crippen LogP contribution in [0.1, 0.15) is 43.7 Å². The normalized spacial score (nSPS) is 18.6. The summed E-state index contributed by atoms with van der Waals surface area (Å²) in [5, 5.41) is 15.1. The van der Waals surface area contributed by atoms with Gasteiger partial charge in [0.05, 0.1) is 11.6 Å². The molecule has 1 atom stereocenters. The Kier molecular flexibility index (Phi) is 5.31.